The third kappa shape index (κ3) is 4.44. The van der Waals surface area contributed by atoms with E-state index in [9.17, 15) is 9.59 Å². The molecule has 2 amide bonds. The van der Waals surface area contributed by atoms with E-state index >= 15 is 0 Å². The number of likely N-dealkylation sites (tertiary alicyclic amines) is 1. The van der Waals surface area contributed by atoms with Gasteiger partial charge in [-0.05, 0) is 37.5 Å². The smallest absolute Gasteiger partial charge is 0.254 e. The van der Waals surface area contributed by atoms with E-state index in [1.807, 2.05) is 17.9 Å². The Labute approximate surface area is 154 Å². The third-order valence-corrected chi connectivity index (χ3v) is 4.87. The molecule has 0 bridgehead atoms. The van der Waals surface area contributed by atoms with Crippen LogP contribution in [0.15, 0.2) is 18.2 Å². The summed E-state index contributed by atoms with van der Waals surface area (Å²) in [6.45, 7) is 5.60. The molecule has 2 aliphatic rings. The molecule has 2 saturated heterocycles. The number of nitrogens with two attached hydrogens (primary N) is 1. The summed E-state index contributed by atoms with van der Waals surface area (Å²) < 4.78 is 5.31. The average molecular weight is 368 g/mol. The summed E-state index contributed by atoms with van der Waals surface area (Å²) in [4.78, 5) is 29.2. The summed E-state index contributed by atoms with van der Waals surface area (Å²) in [5, 5.41) is 0. The number of hydrogen-bond donors (Lipinski definition) is 1. The van der Waals surface area contributed by atoms with Gasteiger partial charge in [-0.25, -0.2) is 0 Å². The summed E-state index contributed by atoms with van der Waals surface area (Å²) in [5.74, 6) is 0.0153. The maximum Gasteiger partial charge on any atom is 0.254 e. The maximum absolute atomic E-state index is 12.8. The van der Waals surface area contributed by atoms with E-state index in [1.165, 1.54) is 0 Å². The molecule has 2 heterocycles. The Balaban J connectivity index is 0.00000225. The number of nitrogens with zero attached hydrogens (tertiary/aromatic N) is 2. The molecular weight excluding hydrogens is 342 g/mol. The van der Waals surface area contributed by atoms with Crippen LogP contribution in [0.2, 0.25) is 0 Å². The van der Waals surface area contributed by atoms with Crippen LogP contribution in [0.25, 0.3) is 0 Å². The van der Waals surface area contributed by atoms with Gasteiger partial charge in [-0.15, -0.1) is 12.4 Å². The molecule has 0 aromatic heterocycles. The van der Waals surface area contributed by atoms with Gasteiger partial charge in [0.05, 0.1) is 19.1 Å². The third-order valence-electron chi connectivity index (χ3n) is 4.87. The van der Waals surface area contributed by atoms with E-state index in [0.717, 1.165) is 18.4 Å². The number of piperidine rings is 1. The van der Waals surface area contributed by atoms with Gasteiger partial charge in [0.2, 0.25) is 5.91 Å². The first kappa shape index (κ1) is 19.5. The largest absolute Gasteiger partial charge is 0.399 e. The van der Waals surface area contributed by atoms with E-state index in [-0.39, 0.29) is 30.1 Å². The standard InChI is InChI=1S/C18H25N3O3.ClH/c1-13-4-5-15(19)11-16(13)18(23)21-6-2-3-14(12-21)17(22)20-7-9-24-10-8-20;/h4-5,11,14H,2-3,6-10,12,19H2,1H3;1H. The van der Waals surface area contributed by atoms with Gasteiger partial charge in [0.15, 0.2) is 0 Å². The molecule has 2 fully saturated rings. The minimum Gasteiger partial charge on any atom is -0.399 e. The van der Waals surface area contributed by atoms with Crippen LogP contribution in [0.4, 0.5) is 5.69 Å². The fourth-order valence-electron chi connectivity index (χ4n) is 3.45. The molecule has 0 saturated carbocycles. The fourth-order valence-corrected chi connectivity index (χ4v) is 3.45. The predicted molar refractivity (Wildman–Crippen MR) is 98.9 cm³/mol. The number of morpholine rings is 1. The highest BCUT2D eigenvalue weighted by atomic mass is 35.5. The summed E-state index contributed by atoms with van der Waals surface area (Å²) >= 11 is 0. The Morgan fingerprint density at radius 3 is 2.60 bits per heavy atom. The number of halogens is 1. The molecule has 7 heteroatoms. The van der Waals surface area contributed by atoms with Crippen molar-refractivity contribution in [2.24, 2.45) is 5.92 Å². The molecule has 1 aromatic rings. The predicted octanol–water partition coefficient (Wildman–Crippen LogP) is 1.71. The number of carbonyl (C=O) groups excluding carboxylic acids is 2. The van der Waals surface area contributed by atoms with Gasteiger partial charge in [0.1, 0.15) is 0 Å². The lowest BCUT2D eigenvalue weighted by Gasteiger charge is -2.36. The first-order valence-corrected chi connectivity index (χ1v) is 8.58. The Hall–Kier alpha value is -1.79. The van der Waals surface area contributed by atoms with Crippen LogP contribution in [0.1, 0.15) is 28.8 Å². The highest BCUT2D eigenvalue weighted by Gasteiger charge is 2.32. The number of benzene rings is 1. The topological polar surface area (TPSA) is 75.9 Å². The van der Waals surface area contributed by atoms with Crippen molar-refractivity contribution in [1.29, 1.82) is 0 Å². The fraction of sp³-hybridized carbons (Fsp3) is 0.556. The molecule has 0 aliphatic carbocycles. The highest BCUT2D eigenvalue weighted by Crippen LogP contribution is 2.23. The number of aryl methyl sites for hydroxylation is 1. The summed E-state index contributed by atoms with van der Waals surface area (Å²) in [6, 6.07) is 5.39. The Bertz CT molecular complexity index is 632. The molecule has 1 aromatic carbocycles. The number of nitrogen functional groups attached to an aromatic ring is 1. The van der Waals surface area contributed by atoms with Crippen molar-refractivity contribution in [2.45, 2.75) is 19.8 Å². The van der Waals surface area contributed by atoms with E-state index < -0.39 is 0 Å². The van der Waals surface area contributed by atoms with E-state index in [0.29, 0.717) is 50.6 Å². The van der Waals surface area contributed by atoms with Gasteiger partial charge in [-0.2, -0.15) is 0 Å². The van der Waals surface area contributed by atoms with Crippen molar-refractivity contribution in [3.05, 3.63) is 29.3 Å². The molecule has 138 valence electrons. The number of anilines is 1. The Kier molecular flexibility index (Phi) is 6.67. The van der Waals surface area contributed by atoms with Crippen LogP contribution in [0.3, 0.4) is 0 Å². The molecule has 1 atom stereocenters. The lowest BCUT2D eigenvalue weighted by atomic mass is 9.95. The van der Waals surface area contributed by atoms with E-state index in [4.69, 9.17) is 10.5 Å². The van der Waals surface area contributed by atoms with Crippen LogP contribution in [-0.4, -0.2) is 61.0 Å². The monoisotopic (exact) mass is 367 g/mol. The normalized spacial score (nSPS) is 20.8. The van der Waals surface area contributed by atoms with Gasteiger partial charge in [-0.1, -0.05) is 6.07 Å². The van der Waals surface area contributed by atoms with Gasteiger partial charge in [0, 0.05) is 37.4 Å². The summed E-state index contributed by atoms with van der Waals surface area (Å²) in [5.41, 5.74) is 7.96. The molecule has 6 nitrogen and oxygen atoms in total. The number of amides is 2. The average Bonchev–Trinajstić information content (AvgIpc) is 2.63. The lowest BCUT2D eigenvalue weighted by molar-refractivity contribution is -0.141. The number of ether oxygens (including phenoxy) is 1. The van der Waals surface area contributed by atoms with Crippen molar-refractivity contribution >= 4 is 29.9 Å². The number of carbonyl (C=O) groups is 2. The molecule has 2 N–H and O–H groups in total. The van der Waals surface area contributed by atoms with Gasteiger partial charge in [-0.3, -0.25) is 9.59 Å². The minimum absolute atomic E-state index is 0. The summed E-state index contributed by atoms with van der Waals surface area (Å²) in [7, 11) is 0. The van der Waals surface area contributed by atoms with Gasteiger partial charge < -0.3 is 20.3 Å². The first-order valence-electron chi connectivity index (χ1n) is 8.58. The van der Waals surface area contributed by atoms with Crippen molar-refractivity contribution in [1.82, 2.24) is 9.80 Å². The second-order valence-electron chi connectivity index (χ2n) is 6.60. The second kappa shape index (κ2) is 8.54. The van der Waals surface area contributed by atoms with Crippen LogP contribution in [0.5, 0.6) is 0 Å². The van der Waals surface area contributed by atoms with Gasteiger partial charge in [0.25, 0.3) is 5.91 Å². The molecule has 25 heavy (non-hydrogen) atoms. The van der Waals surface area contributed by atoms with E-state index in [1.54, 1.807) is 17.0 Å². The molecule has 0 spiro atoms. The molecular formula is C18H26ClN3O3. The Morgan fingerprint density at radius 2 is 1.88 bits per heavy atom. The van der Waals surface area contributed by atoms with Crippen molar-refractivity contribution in [3.8, 4) is 0 Å². The molecule has 2 aliphatic heterocycles. The maximum atomic E-state index is 12.8. The van der Waals surface area contributed by atoms with Crippen molar-refractivity contribution in [2.75, 3.05) is 45.1 Å². The lowest BCUT2D eigenvalue weighted by Crippen LogP contribution is -2.49. The molecule has 0 radical (unpaired) electrons. The van der Waals surface area contributed by atoms with Crippen LogP contribution in [0, 0.1) is 12.8 Å². The first-order chi connectivity index (χ1) is 11.6. The number of hydrogen-bond acceptors (Lipinski definition) is 4. The zero-order valence-electron chi connectivity index (χ0n) is 14.6. The number of rotatable bonds is 2. The zero-order chi connectivity index (χ0) is 17.1. The quantitative estimate of drug-likeness (QED) is 0.807. The SMILES string of the molecule is Cc1ccc(N)cc1C(=O)N1CCCC(C(=O)N2CCOCC2)C1.Cl. The Morgan fingerprint density at radius 1 is 1.16 bits per heavy atom. The molecule has 1 unspecified atom stereocenters. The second-order valence-corrected chi connectivity index (χ2v) is 6.60. The van der Waals surface area contributed by atoms with Crippen molar-refractivity contribution in [3.63, 3.8) is 0 Å². The van der Waals surface area contributed by atoms with Crippen LogP contribution >= 0.6 is 12.4 Å². The van der Waals surface area contributed by atoms with E-state index in [2.05, 4.69) is 0 Å². The van der Waals surface area contributed by atoms with Gasteiger partial charge >= 0.3 is 0 Å². The van der Waals surface area contributed by atoms with Crippen molar-refractivity contribution < 1.29 is 14.3 Å². The zero-order valence-corrected chi connectivity index (χ0v) is 15.4. The molecule has 3 rings (SSSR count). The summed E-state index contributed by atoms with van der Waals surface area (Å²) in [6.07, 6.45) is 1.70. The van der Waals surface area contributed by atoms with Crippen LogP contribution in [-0.2, 0) is 9.53 Å². The van der Waals surface area contributed by atoms with Crippen LogP contribution < -0.4 is 5.73 Å². The highest BCUT2D eigenvalue weighted by molar-refractivity contribution is 5.97. The minimum atomic E-state index is -0.109.